The third kappa shape index (κ3) is 3.46. The van der Waals surface area contributed by atoms with Crippen molar-refractivity contribution in [1.29, 1.82) is 0 Å². The van der Waals surface area contributed by atoms with E-state index in [1.54, 1.807) is 12.1 Å². The van der Waals surface area contributed by atoms with Crippen LogP contribution in [-0.2, 0) is 0 Å². The topological polar surface area (TPSA) is 75.3 Å². The van der Waals surface area contributed by atoms with Gasteiger partial charge in [-0.1, -0.05) is 12.1 Å². The lowest BCUT2D eigenvalue weighted by molar-refractivity contribution is 0.0787. The van der Waals surface area contributed by atoms with Crippen molar-refractivity contribution in [2.24, 2.45) is 0 Å². The number of benzene rings is 2. The normalized spacial score (nSPS) is 15.1. The minimum atomic E-state index is -0.301. The summed E-state index contributed by atoms with van der Waals surface area (Å²) in [6.07, 6.45) is -0.278. The van der Waals surface area contributed by atoms with Crippen LogP contribution in [0, 0.1) is 0 Å². The van der Waals surface area contributed by atoms with Gasteiger partial charge in [0, 0.05) is 0 Å². The highest BCUT2D eigenvalue weighted by Crippen LogP contribution is 2.39. The van der Waals surface area contributed by atoms with E-state index in [1.165, 1.54) is 21.3 Å². The molecule has 0 aliphatic carbocycles. The van der Waals surface area contributed by atoms with Crippen LogP contribution < -0.4 is 29.0 Å². The molecule has 7 nitrogen and oxygen atoms in total. The number of fused-ring (bicyclic) bond motifs is 1. The van der Waals surface area contributed by atoms with Crippen molar-refractivity contribution in [1.82, 2.24) is 5.32 Å². The van der Waals surface area contributed by atoms with Crippen LogP contribution in [0.1, 0.15) is 10.4 Å². The molecule has 7 heteroatoms. The molecule has 2 aromatic rings. The number of amides is 1. The highest BCUT2D eigenvalue weighted by molar-refractivity contribution is 5.98. The van der Waals surface area contributed by atoms with Gasteiger partial charge in [0.05, 0.1) is 33.4 Å². The second kappa shape index (κ2) is 7.86. The Hall–Kier alpha value is -3.09. The largest absolute Gasteiger partial charge is 0.493 e. The lowest BCUT2D eigenvalue weighted by atomic mass is 10.1. The van der Waals surface area contributed by atoms with E-state index < -0.39 is 0 Å². The third-order valence-electron chi connectivity index (χ3n) is 4.01. The number of carbonyl (C=O) groups excluding carboxylic acids is 1. The maximum absolute atomic E-state index is 12.6. The molecule has 0 aromatic heterocycles. The highest BCUT2D eigenvalue weighted by atomic mass is 16.6. The summed E-state index contributed by atoms with van der Waals surface area (Å²) in [6.45, 7) is 0.658. The number of rotatable bonds is 6. The van der Waals surface area contributed by atoms with Crippen LogP contribution in [-0.4, -0.2) is 46.5 Å². The molecule has 1 amide bonds. The van der Waals surface area contributed by atoms with Crippen molar-refractivity contribution in [3.8, 4) is 28.7 Å². The summed E-state index contributed by atoms with van der Waals surface area (Å²) < 4.78 is 27.4. The third-order valence-corrected chi connectivity index (χ3v) is 4.01. The average molecular weight is 359 g/mol. The fourth-order valence-corrected chi connectivity index (χ4v) is 2.75. The summed E-state index contributed by atoms with van der Waals surface area (Å²) in [7, 11) is 4.49. The standard InChI is InChI=1S/C19H21NO6/c1-22-16-9-8-13(17(23-2)18(16)24-3)19(21)20-10-12-11-25-14-6-4-5-7-15(14)26-12/h4-9,12H,10-11H2,1-3H3,(H,20,21). The van der Waals surface area contributed by atoms with Crippen LogP contribution in [0.25, 0.3) is 0 Å². The number of ether oxygens (including phenoxy) is 5. The molecule has 1 N–H and O–H groups in total. The van der Waals surface area contributed by atoms with Crippen LogP contribution >= 0.6 is 0 Å². The highest BCUT2D eigenvalue weighted by Gasteiger charge is 2.24. The molecule has 0 saturated carbocycles. The Morgan fingerprint density at radius 3 is 2.46 bits per heavy atom. The average Bonchev–Trinajstić information content (AvgIpc) is 2.70. The zero-order chi connectivity index (χ0) is 18.5. The van der Waals surface area contributed by atoms with Gasteiger partial charge in [-0.3, -0.25) is 4.79 Å². The number of hydrogen-bond donors (Lipinski definition) is 1. The van der Waals surface area contributed by atoms with Crippen molar-refractivity contribution in [3.05, 3.63) is 42.0 Å². The Morgan fingerprint density at radius 2 is 1.77 bits per heavy atom. The Labute approximate surface area is 151 Å². The van der Waals surface area contributed by atoms with E-state index in [-0.39, 0.29) is 12.0 Å². The number of methoxy groups -OCH3 is 3. The lowest BCUT2D eigenvalue weighted by Crippen LogP contribution is -2.40. The van der Waals surface area contributed by atoms with Crippen LogP contribution in [0.3, 0.4) is 0 Å². The Kier molecular flexibility index (Phi) is 5.36. The van der Waals surface area contributed by atoms with Crippen LogP contribution in [0.15, 0.2) is 36.4 Å². The first-order chi connectivity index (χ1) is 12.7. The maximum Gasteiger partial charge on any atom is 0.255 e. The van der Waals surface area contributed by atoms with E-state index in [0.29, 0.717) is 47.5 Å². The van der Waals surface area contributed by atoms with E-state index in [9.17, 15) is 4.79 Å². The monoisotopic (exact) mass is 359 g/mol. The van der Waals surface area contributed by atoms with Crippen molar-refractivity contribution < 1.29 is 28.5 Å². The van der Waals surface area contributed by atoms with E-state index >= 15 is 0 Å². The molecule has 1 unspecified atom stereocenters. The minimum absolute atomic E-state index is 0.278. The Balaban J connectivity index is 1.69. The molecule has 2 aromatic carbocycles. The smallest absolute Gasteiger partial charge is 0.255 e. The number of carbonyl (C=O) groups is 1. The number of hydrogen-bond acceptors (Lipinski definition) is 6. The molecule has 1 aliphatic heterocycles. The fraction of sp³-hybridized carbons (Fsp3) is 0.316. The first-order valence-corrected chi connectivity index (χ1v) is 8.13. The van der Waals surface area contributed by atoms with Crippen LogP contribution in [0.5, 0.6) is 28.7 Å². The number of para-hydroxylation sites is 2. The molecule has 1 heterocycles. The molecular weight excluding hydrogens is 338 g/mol. The molecule has 26 heavy (non-hydrogen) atoms. The fourth-order valence-electron chi connectivity index (χ4n) is 2.75. The van der Waals surface area contributed by atoms with Gasteiger partial charge in [0.25, 0.3) is 5.91 Å². The van der Waals surface area contributed by atoms with E-state index in [1.807, 2.05) is 24.3 Å². The molecule has 0 bridgehead atoms. The van der Waals surface area contributed by atoms with Gasteiger partial charge in [0.15, 0.2) is 23.0 Å². The Morgan fingerprint density at radius 1 is 1.04 bits per heavy atom. The van der Waals surface area contributed by atoms with Gasteiger partial charge < -0.3 is 29.0 Å². The minimum Gasteiger partial charge on any atom is -0.493 e. The summed E-state index contributed by atoms with van der Waals surface area (Å²) in [4.78, 5) is 12.6. The first-order valence-electron chi connectivity index (χ1n) is 8.13. The molecule has 3 rings (SSSR count). The van der Waals surface area contributed by atoms with Crippen LogP contribution in [0.2, 0.25) is 0 Å². The van der Waals surface area contributed by atoms with Crippen molar-refractivity contribution >= 4 is 5.91 Å². The number of nitrogens with one attached hydrogen (secondary N) is 1. The van der Waals surface area contributed by atoms with Gasteiger partial charge in [0.2, 0.25) is 5.75 Å². The van der Waals surface area contributed by atoms with Gasteiger partial charge in [-0.25, -0.2) is 0 Å². The predicted molar refractivity (Wildman–Crippen MR) is 94.8 cm³/mol. The molecule has 0 radical (unpaired) electrons. The maximum atomic E-state index is 12.6. The van der Waals surface area contributed by atoms with Gasteiger partial charge in [-0.2, -0.15) is 0 Å². The van der Waals surface area contributed by atoms with Gasteiger partial charge in [-0.05, 0) is 24.3 Å². The summed E-state index contributed by atoms with van der Waals surface area (Å²) >= 11 is 0. The molecule has 0 saturated heterocycles. The summed E-state index contributed by atoms with van der Waals surface area (Å²) in [5, 5.41) is 2.84. The zero-order valence-electron chi connectivity index (χ0n) is 14.9. The quantitative estimate of drug-likeness (QED) is 0.853. The molecule has 1 atom stereocenters. The zero-order valence-corrected chi connectivity index (χ0v) is 14.9. The molecule has 0 fully saturated rings. The molecule has 0 spiro atoms. The predicted octanol–water partition coefficient (Wildman–Crippen LogP) is 2.28. The van der Waals surface area contributed by atoms with Crippen molar-refractivity contribution in [2.45, 2.75) is 6.10 Å². The lowest BCUT2D eigenvalue weighted by Gasteiger charge is -2.26. The van der Waals surface area contributed by atoms with Crippen LogP contribution in [0.4, 0.5) is 0 Å². The van der Waals surface area contributed by atoms with Gasteiger partial charge in [-0.15, -0.1) is 0 Å². The molecule has 138 valence electrons. The van der Waals surface area contributed by atoms with Crippen molar-refractivity contribution in [3.63, 3.8) is 0 Å². The summed E-state index contributed by atoms with van der Waals surface area (Å²) in [6, 6.07) is 10.7. The molecule has 1 aliphatic rings. The second-order valence-corrected chi connectivity index (χ2v) is 5.59. The van der Waals surface area contributed by atoms with Gasteiger partial charge >= 0.3 is 0 Å². The SMILES string of the molecule is COc1ccc(C(=O)NCC2COc3ccccc3O2)c(OC)c1OC. The molecular formula is C19H21NO6. The van der Waals surface area contributed by atoms with E-state index in [4.69, 9.17) is 23.7 Å². The van der Waals surface area contributed by atoms with E-state index in [0.717, 1.165) is 0 Å². The van der Waals surface area contributed by atoms with Gasteiger partial charge in [0.1, 0.15) is 12.7 Å². The summed E-state index contributed by atoms with van der Waals surface area (Å²) in [5.41, 5.74) is 0.349. The van der Waals surface area contributed by atoms with Crippen molar-refractivity contribution in [2.75, 3.05) is 34.5 Å². The first kappa shape index (κ1) is 17.7. The van der Waals surface area contributed by atoms with E-state index in [2.05, 4.69) is 5.32 Å². The second-order valence-electron chi connectivity index (χ2n) is 5.59. The summed E-state index contributed by atoms with van der Waals surface area (Å²) in [5.74, 6) is 2.24. The Bertz CT molecular complexity index is 792.